The molecule has 4 aliphatic heterocycles. The molecule has 0 unspecified atom stereocenters. The van der Waals surface area contributed by atoms with Gasteiger partial charge >= 0.3 is 47.8 Å². The lowest BCUT2D eigenvalue weighted by Gasteiger charge is -2.46. The number of unbranched alkanes of at least 4 members (excludes halogenated alkanes) is 2. The minimum absolute atomic E-state index is 0.0149. The maximum absolute atomic E-state index is 14.0. The number of ether oxygens (including phenoxy) is 12. The Morgan fingerprint density at radius 2 is 0.765 bits per heavy atom. The van der Waals surface area contributed by atoms with Crippen molar-refractivity contribution in [1.29, 1.82) is 0 Å². The van der Waals surface area contributed by atoms with Crippen LogP contribution in [0.4, 0.5) is 0 Å². The van der Waals surface area contributed by atoms with Crippen LogP contribution in [0.3, 0.4) is 0 Å². The lowest BCUT2D eigenvalue weighted by atomic mass is 9.96. The molecule has 0 aliphatic carbocycles. The first kappa shape index (κ1) is 63.2. The molecule has 6 rings (SSSR count). The maximum Gasteiger partial charge on any atom is 0.303 e. The van der Waals surface area contributed by atoms with Gasteiger partial charge in [0.25, 0.3) is 11.8 Å². The molecule has 0 bridgehead atoms. The summed E-state index contributed by atoms with van der Waals surface area (Å²) in [6.45, 7) is 8.71. The molecule has 24 nitrogen and oxygen atoms in total. The summed E-state index contributed by atoms with van der Waals surface area (Å²) in [6.07, 6.45) is -9.04. The van der Waals surface area contributed by atoms with E-state index in [2.05, 4.69) is 0 Å². The molecule has 0 saturated carbocycles. The van der Waals surface area contributed by atoms with Crippen LogP contribution in [0.25, 0.3) is 12.2 Å². The fourth-order valence-electron chi connectivity index (χ4n) is 8.61. The van der Waals surface area contributed by atoms with Crippen LogP contribution in [0.1, 0.15) is 85.8 Å². The van der Waals surface area contributed by atoms with Gasteiger partial charge in [0.2, 0.25) is 0 Å². The summed E-state index contributed by atoms with van der Waals surface area (Å²) in [4.78, 5) is 128. The zero-order chi connectivity index (χ0) is 59.2. The van der Waals surface area contributed by atoms with Crippen molar-refractivity contribution in [1.82, 2.24) is 9.80 Å². The number of benzene rings is 2. The van der Waals surface area contributed by atoms with E-state index in [1.54, 1.807) is 60.7 Å². The zero-order valence-corrected chi connectivity index (χ0v) is 48.3. The second-order valence-electron chi connectivity index (χ2n) is 18.2. The Morgan fingerprint density at radius 3 is 1.07 bits per heavy atom. The summed E-state index contributed by atoms with van der Waals surface area (Å²) < 4.78 is 67.5. The third-order valence-corrected chi connectivity index (χ3v) is 14.4. The molecule has 4 heterocycles. The monoisotopic (exact) mass is 1200 g/mol. The van der Waals surface area contributed by atoms with E-state index in [1.807, 2.05) is 0 Å². The highest BCUT2D eigenvalue weighted by atomic mass is 32.2. The van der Waals surface area contributed by atoms with Crippen molar-refractivity contribution in [2.24, 2.45) is 0 Å². The molecule has 4 aliphatic rings. The van der Waals surface area contributed by atoms with E-state index >= 15 is 0 Å². The van der Waals surface area contributed by atoms with Crippen molar-refractivity contribution >= 4 is 128 Å². The van der Waals surface area contributed by atoms with Crippen molar-refractivity contribution in [2.75, 3.05) is 26.4 Å². The molecule has 2 amide bonds. The highest BCUT2D eigenvalue weighted by Crippen LogP contribution is 2.41. The molecule has 2 aromatic carbocycles. The minimum atomic E-state index is -1.53. The second kappa shape index (κ2) is 29.1. The molecule has 4 saturated heterocycles. The molecule has 10 atom stereocenters. The fourth-order valence-corrected chi connectivity index (χ4v) is 11.2. The number of thiocarbonyl (C=S) groups is 2. The van der Waals surface area contributed by atoms with E-state index < -0.39 is 134 Å². The predicted octanol–water partition coefficient (Wildman–Crippen LogP) is 4.88. The van der Waals surface area contributed by atoms with Gasteiger partial charge in [-0.25, -0.2) is 0 Å². The van der Waals surface area contributed by atoms with Gasteiger partial charge in [-0.15, -0.1) is 0 Å². The summed E-state index contributed by atoms with van der Waals surface area (Å²) in [7, 11) is 0. The first-order valence-corrected chi connectivity index (χ1v) is 27.5. The molecule has 2 aromatic rings. The third-order valence-electron chi connectivity index (χ3n) is 11.8. The molecule has 436 valence electrons. The van der Waals surface area contributed by atoms with Crippen LogP contribution in [-0.4, -0.2) is 166 Å². The first-order valence-electron chi connectivity index (χ1n) is 25.0. The number of rotatable bonds is 22. The number of hydrogen-bond acceptors (Lipinski definition) is 26. The molecule has 81 heavy (non-hydrogen) atoms. The lowest BCUT2D eigenvalue weighted by molar-refractivity contribution is -0.268. The van der Waals surface area contributed by atoms with Crippen molar-refractivity contribution < 1.29 is 105 Å². The molecule has 28 heteroatoms. The van der Waals surface area contributed by atoms with Crippen LogP contribution in [0.2, 0.25) is 0 Å². The summed E-state index contributed by atoms with van der Waals surface area (Å²) in [5.41, 5.74) is 1.24. The molecule has 0 spiro atoms. The number of carbonyl (C=O) groups is 10. The van der Waals surface area contributed by atoms with Gasteiger partial charge in [-0.2, -0.15) is 0 Å². The lowest BCUT2D eigenvalue weighted by Crippen LogP contribution is -2.66. The molecule has 0 aromatic heterocycles. The van der Waals surface area contributed by atoms with Gasteiger partial charge in [0.05, 0.1) is 23.0 Å². The van der Waals surface area contributed by atoms with Crippen LogP contribution in [0.5, 0.6) is 11.5 Å². The van der Waals surface area contributed by atoms with E-state index in [0.29, 0.717) is 48.7 Å². The number of carbonyl (C=O) groups excluding carboxylic acids is 10. The highest BCUT2D eigenvalue weighted by molar-refractivity contribution is 8.27. The summed E-state index contributed by atoms with van der Waals surface area (Å²) in [6, 6.07) is 13.9. The number of amides is 2. The van der Waals surface area contributed by atoms with E-state index in [9.17, 15) is 47.9 Å². The largest absolute Gasteiger partial charge is 0.494 e. The summed E-state index contributed by atoms with van der Waals surface area (Å²) in [5.74, 6) is -6.39. The smallest absolute Gasteiger partial charge is 0.303 e. The van der Waals surface area contributed by atoms with Gasteiger partial charge in [0, 0.05) is 55.4 Å². The van der Waals surface area contributed by atoms with Crippen molar-refractivity contribution in [3.8, 4) is 11.5 Å². The Morgan fingerprint density at radius 1 is 0.457 bits per heavy atom. The average Bonchev–Trinajstić information content (AvgIpc) is 3.88. The standard InChI is InChI=1S/C53H58N2O22S4/c1-26(56)68-24-38-42(70-28(3)58)44(72-30(5)60)46(74-32(7)62)50(76-38)54-48(64)40(80-52(54)78)22-34-12-16-36(17-13-34)66-20-10-9-11-21-67-37-18-14-35(15-19-37)23-41-49(65)55(53(79)81-41)51-47(75-33(8)63)45(73-31(6)61)43(71-29(4)59)39(77-51)25-69-27(2)57/h12-19,22-23,38-39,42-47,50-51H,9-11,20-21,24-25H2,1-8H3/b40-22-,41-23+/t38-,39-,42-,43-,44+,45+,46-,47-,50-,51-/m1/s1. The van der Waals surface area contributed by atoms with Crippen LogP contribution in [0.15, 0.2) is 58.3 Å². The number of esters is 8. The predicted molar refractivity (Wildman–Crippen MR) is 292 cm³/mol. The number of thioether (sulfide) groups is 2. The molecular formula is C53H58N2O22S4. The zero-order valence-electron chi connectivity index (χ0n) is 45.0. The maximum atomic E-state index is 14.0. The van der Waals surface area contributed by atoms with Gasteiger partial charge in [-0.1, -0.05) is 72.2 Å². The van der Waals surface area contributed by atoms with E-state index in [-0.39, 0.29) is 18.5 Å². The summed E-state index contributed by atoms with van der Waals surface area (Å²) in [5, 5.41) is 0. The summed E-state index contributed by atoms with van der Waals surface area (Å²) >= 11 is 13.1. The average molecular weight is 1200 g/mol. The van der Waals surface area contributed by atoms with Crippen LogP contribution in [0, 0.1) is 0 Å². The number of hydrogen-bond donors (Lipinski definition) is 0. The van der Waals surface area contributed by atoms with E-state index in [1.165, 1.54) is 0 Å². The topological polar surface area (TPSA) is 288 Å². The number of nitrogens with zero attached hydrogens (tertiary/aromatic N) is 2. The van der Waals surface area contributed by atoms with Gasteiger partial charge < -0.3 is 56.8 Å². The van der Waals surface area contributed by atoms with Crippen molar-refractivity contribution in [3.05, 3.63) is 69.5 Å². The highest BCUT2D eigenvalue weighted by Gasteiger charge is 2.58. The SMILES string of the molecule is CC(=O)OC[C@H]1O[C@@H](N2C(=O)/C(=C/c3ccc(OCCCCCOc4ccc(/C=C5/SC(=S)N([C@@H]6O[C@H](COC(C)=O)[C@@H](OC(C)=O)[C@H](OC(C)=O)[C@H]6OC(C)=O)C5=O)cc4)cc3)SC2=S)[C@H](OC(C)=O)[C@@H](OC(C)=O)[C@@H]1OC(C)=O. The quantitative estimate of drug-likeness (QED) is 0.0499. The van der Waals surface area contributed by atoms with Gasteiger partial charge in [0.15, 0.2) is 57.7 Å². The molecule has 4 fully saturated rings. The minimum Gasteiger partial charge on any atom is -0.494 e. The Kier molecular flexibility index (Phi) is 22.7. The Bertz CT molecular complexity index is 2640. The molecule has 0 radical (unpaired) electrons. The van der Waals surface area contributed by atoms with Crippen LogP contribution >= 0.6 is 48.0 Å². The van der Waals surface area contributed by atoms with Crippen molar-refractivity contribution in [3.63, 3.8) is 0 Å². The van der Waals surface area contributed by atoms with E-state index in [0.717, 1.165) is 95.1 Å². The van der Waals surface area contributed by atoms with Crippen molar-refractivity contribution in [2.45, 2.75) is 136 Å². The van der Waals surface area contributed by atoms with E-state index in [4.69, 9.17) is 81.3 Å². The third kappa shape index (κ3) is 17.5. The van der Waals surface area contributed by atoms with Crippen LogP contribution < -0.4 is 9.47 Å². The van der Waals surface area contributed by atoms with Crippen LogP contribution in [-0.2, 0) is 95.3 Å². The Labute approximate surface area is 484 Å². The normalized spacial score (nSPS) is 25.4. The van der Waals surface area contributed by atoms with Gasteiger partial charge in [0.1, 0.15) is 36.9 Å². The Balaban J connectivity index is 1.00. The molecular weight excluding hydrogens is 1140 g/mol. The molecule has 0 N–H and O–H groups in total. The van der Waals surface area contributed by atoms with Gasteiger partial charge in [-0.05, 0) is 66.8 Å². The Hall–Kier alpha value is -6.98. The van der Waals surface area contributed by atoms with Gasteiger partial charge in [-0.3, -0.25) is 57.7 Å². The fraction of sp³-hybridized carbons (Fsp3) is 0.472. The first-order chi connectivity index (χ1) is 38.4. The second-order valence-corrected chi connectivity index (χ2v) is 21.5.